The normalized spacial score (nSPS) is 12.5. The number of hydrogen-bond acceptors (Lipinski definition) is 3. The Morgan fingerprint density at radius 1 is 1.32 bits per heavy atom. The second kappa shape index (κ2) is 8.31. The quantitative estimate of drug-likeness (QED) is 0.773. The van der Waals surface area contributed by atoms with Gasteiger partial charge in [-0.05, 0) is 12.0 Å². The van der Waals surface area contributed by atoms with Crippen molar-refractivity contribution in [3.05, 3.63) is 35.9 Å². The summed E-state index contributed by atoms with van der Waals surface area (Å²) in [5, 5.41) is 10.7. The first-order valence-electron chi connectivity index (χ1n) is 6.89. The monoisotopic (exact) mass is 315 g/mol. The third-order valence-electron chi connectivity index (χ3n) is 3.09. The van der Waals surface area contributed by atoms with E-state index in [0.717, 1.165) is 5.56 Å². The van der Waals surface area contributed by atoms with Crippen LogP contribution in [0.4, 0.5) is 13.6 Å². The maximum Gasteiger partial charge on any atom is 0.407 e. The predicted molar refractivity (Wildman–Crippen MR) is 75.6 cm³/mol. The lowest BCUT2D eigenvalue weighted by molar-refractivity contribution is -0.145. The summed E-state index contributed by atoms with van der Waals surface area (Å²) in [6.45, 7) is 0.547. The molecule has 22 heavy (non-hydrogen) atoms. The van der Waals surface area contributed by atoms with E-state index >= 15 is 0 Å². The number of carbonyl (C=O) groups is 2. The van der Waals surface area contributed by atoms with Crippen molar-refractivity contribution in [2.45, 2.75) is 32.3 Å². The smallest absolute Gasteiger partial charge is 0.407 e. The molecule has 0 aliphatic rings. The molecule has 0 aliphatic carbocycles. The van der Waals surface area contributed by atoms with Crippen LogP contribution in [0.25, 0.3) is 0 Å². The van der Waals surface area contributed by atoms with Gasteiger partial charge in [0.05, 0.1) is 12.5 Å². The van der Waals surface area contributed by atoms with E-state index in [-0.39, 0.29) is 13.0 Å². The van der Waals surface area contributed by atoms with E-state index in [1.165, 1.54) is 6.92 Å². The largest absolute Gasteiger partial charge is 0.481 e. The van der Waals surface area contributed by atoms with Gasteiger partial charge >= 0.3 is 12.1 Å². The standard InChI is InChI=1S/C15H19F2NO4/c1-2-12(13(19)20)8-15(16,17)10-18-14(21)22-9-11-6-4-3-5-7-11/h3-7,12H,2,8-10H2,1H3,(H,18,21)(H,19,20). The van der Waals surface area contributed by atoms with Crippen molar-refractivity contribution >= 4 is 12.1 Å². The summed E-state index contributed by atoms with van der Waals surface area (Å²) < 4.78 is 32.0. The van der Waals surface area contributed by atoms with Gasteiger partial charge in [-0.1, -0.05) is 37.3 Å². The molecule has 0 radical (unpaired) electrons. The van der Waals surface area contributed by atoms with Crippen LogP contribution in [0.3, 0.4) is 0 Å². The number of benzene rings is 1. The molecule has 122 valence electrons. The Morgan fingerprint density at radius 3 is 2.50 bits per heavy atom. The molecule has 0 heterocycles. The highest BCUT2D eigenvalue weighted by atomic mass is 19.3. The molecule has 7 heteroatoms. The summed E-state index contributed by atoms with van der Waals surface area (Å²) in [5.74, 6) is -5.71. The maximum absolute atomic E-state index is 13.6. The van der Waals surface area contributed by atoms with Gasteiger partial charge in [-0.15, -0.1) is 0 Å². The number of hydrogen-bond donors (Lipinski definition) is 2. The minimum absolute atomic E-state index is 0.0229. The van der Waals surface area contributed by atoms with Crippen LogP contribution in [0.2, 0.25) is 0 Å². The van der Waals surface area contributed by atoms with Gasteiger partial charge in [0, 0.05) is 6.42 Å². The van der Waals surface area contributed by atoms with Crippen molar-refractivity contribution in [2.75, 3.05) is 6.54 Å². The molecule has 1 atom stereocenters. The zero-order valence-electron chi connectivity index (χ0n) is 12.2. The van der Waals surface area contributed by atoms with Gasteiger partial charge in [0.1, 0.15) is 6.61 Å². The van der Waals surface area contributed by atoms with E-state index in [1.54, 1.807) is 30.3 Å². The van der Waals surface area contributed by atoms with Crippen LogP contribution in [-0.2, 0) is 16.1 Å². The Hall–Kier alpha value is -2.18. The highest BCUT2D eigenvalue weighted by Gasteiger charge is 2.35. The third-order valence-corrected chi connectivity index (χ3v) is 3.09. The van der Waals surface area contributed by atoms with E-state index in [4.69, 9.17) is 9.84 Å². The van der Waals surface area contributed by atoms with Crippen molar-refractivity contribution in [2.24, 2.45) is 5.92 Å². The summed E-state index contributed by atoms with van der Waals surface area (Å²) in [6, 6.07) is 8.81. The molecule has 0 bridgehead atoms. The van der Waals surface area contributed by atoms with Crippen LogP contribution < -0.4 is 5.32 Å². The summed E-state index contributed by atoms with van der Waals surface area (Å²) in [4.78, 5) is 22.1. The number of alkyl carbamates (subject to hydrolysis) is 1. The first-order chi connectivity index (χ1) is 10.3. The molecular formula is C15H19F2NO4. The van der Waals surface area contributed by atoms with E-state index < -0.39 is 36.9 Å². The number of carbonyl (C=O) groups excluding carboxylic acids is 1. The second-order valence-corrected chi connectivity index (χ2v) is 4.92. The minimum atomic E-state index is -3.30. The van der Waals surface area contributed by atoms with Gasteiger partial charge in [-0.3, -0.25) is 4.79 Å². The first-order valence-corrected chi connectivity index (χ1v) is 6.89. The number of amides is 1. The van der Waals surface area contributed by atoms with Crippen molar-refractivity contribution in [3.8, 4) is 0 Å². The number of aliphatic carboxylic acids is 1. The molecule has 1 unspecified atom stereocenters. The fraction of sp³-hybridized carbons (Fsp3) is 0.467. The van der Waals surface area contributed by atoms with Gasteiger partial charge in [0.15, 0.2) is 0 Å². The van der Waals surface area contributed by atoms with E-state index in [0.29, 0.717) is 0 Å². The molecule has 1 rings (SSSR count). The number of rotatable bonds is 8. The van der Waals surface area contributed by atoms with Crippen LogP contribution in [-0.4, -0.2) is 29.6 Å². The summed E-state index contributed by atoms with van der Waals surface area (Å²) in [6.07, 6.45) is -1.69. The molecule has 5 nitrogen and oxygen atoms in total. The number of ether oxygens (including phenoxy) is 1. The Morgan fingerprint density at radius 2 is 1.95 bits per heavy atom. The number of nitrogens with one attached hydrogen (secondary N) is 1. The first kappa shape index (κ1) is 17.9. The topological polar surface area (TPSA) is 75.6 Å². The molecular weight excluding hydrogens is 296 g/mol. The van der Waals surface area contributed by atoms with E-state index in [2.05, 4.69) is 0 Å². The number of carboxylic acid groups (broad SMARTS) is 1. The Balaban J connectivity index is 2.37. The fourth-order valence-corrected chi connectivity index (χ4v) is 1.81. The Bertz CT molecular complexity index is 494. The number of carboxylic acids is 1. The molecule has 2 N–H and O–H groups in total. The average molecular weight is 315 g/mol. The van der Waals surface area contributed by atoms with E-state index in [1.807, 2.05) is 5.32 Å². The maximum atomic E-state index is 13.6. The molecule has 0 aromatic heterocycles. The second-order valence-electron chi connectivity index (χ2n) is 4.92. The van der Waals surface area contributed by atoms with Crippen LogP contribution in [0.1, 0.15) is 25.3 Å². The van der Waals surface area contributed by atoms with Gasteiger partial charge in [0.25, 0.3) is 5.92 Å². The fourth-order valence-electron chi connectivity index (χ4n) is 1.81. The highest BCUT2D eigenvalue weighted by molar-refractivity contribution is 5.70. The van der Waals surface area contributed by atoms with Crippen molar-refractivity contribution < 1.29 is 28.2 Å². The number of alkyl halides is 2. The lowest BCUT2D eigenvalue weighted by Gasteiger charge is -2.20. The summed E-state index contributed by atoms with van der Waals surface area (Å²) in [7, 11) is 0. The lowest BCUT2D eigenvalue weighted by Crippen LogP contribution is -2.39. The van der Waals surface area contributed by atoms with Crippen LogP contribution in [0.5, 0.6) is 0 Å². The van der Waals surface area contributed by atoms with Gasteiger partial charge in [0.2, 0.25) is 0 Å². The molecule has 0 saturated heterocycles. The zero-order chi connectivity index (χ0) is 16.6. The highest BCUT2D eigenvalue weighted by Crippen LogP contribution is 2.25. The summed E-state index contributed by atoms with van der Waals surface area (Å²) >= 11 is 0. The molecule has 0 spiro atoms. The van der Waals surface area contributed by atoms with Crippen LogP contribution >= 0.6 is 0 Å². The van der Waals surface area contributed by atoms with Crippen molar-refractivity contribution in [3.63, 3.8) is 0 Å². The molecule has 0 aliphatic heterocycles. The minimum Gasteiger partial charge on any atom is -0.481 e. The van der Waals surface area contributed by atoms with Gasteiger partial charge in [-0.2, -0.15) is 0 Å². The predicted octanol–water partition coefficient (Wildman–Crippen LogP) is 3.05. The lowest BCUT2D eigenvalue weighted by atomic mass is 9.98. The van der Waals surface area contributed by atoms with Gasteiger partial charge in [-0.25, -0.2) is 13.6 Å². The van der Waals surface area contributed by atoms with Crippen LogP contribution in [0.15, 0.2) is 30.3 Å². The molecule has 1 aromatic rings. The van der Waals surface area contributed by atoms with Crippen molar-refractivity contribution in [1.29, 1.82) is 0 Å². The van der Waals surface area contributed by atoms with Crippen molar-refractivity contribution in [1.82, 2.24) is 5.32 Å². The number of halogens is 2. The van der Waals surface area contributed by atoms with Gasteiger partial charge < -0.3 is 15.2 Å². The zero-order valence-corrected chi connectivity index (χ0v) is 12.2. The summed E-state index contributed by atoms with van der Waals surface area (Å²) in [5.41, 5.74) is 0.737. The SMILES string of the molecule is CCC(CC(F)(F)CNC(=O)OCc1ccccc1)C(=O)O. The Labute approximate surface area is 127 Å². The molecule has 0 fully saturated rings. The Kier molecular flexibility index (Phi) is 6.75. The van der Waals surface area contributed by atoms with E-state index in [9.17, 15) is 18.4 Å². The third kappa shape index (κ3) is 6.51. The molecule has 0 saturated carbocycles. The molecule has 1 aromatic carbocycles. The van der Waals surface area contributed by atoms with Crippen LogP contribution in [0, 0.1) is 5.92 Å². The average Bonchev–Trinajstić information content (AvgIpc) is 2.49. The molecule has 1 amide bonds.